The van der Waals surface area contributed by atoms with Gasteiger partial charge in [0.1, 0.15) is 6.26 Å². The number of piperidine rings is 1. The van der Waals surface area contributed by atoms with Crippen molar-refractivity contribution in [1.82, 2.24) is 15.0 Å². The molecule has 2 aromatic rings. The summed E-state index contributed by atoms with van der Waals surface area (Å²) in [5.41, 5.74) is 0.536. The fourth-order valence-corrected chi connectivity index (χ4v) is 5.28. The van der Waals surface area contributed by atoms with Crippen molar-refractivity contribution in [2.45, 2.75) is 37.1 Å². The number of hydrazine groups is 1. The van der Waals surface area contributed by atoms with Gasteiger partial charge in [0.2, 0.25) is 0 Å². The molecule has 33 heavy (non-hydrogen) atoms. The molecular weight excluding hydrogens is 459 g/mol. The second-order valence-electron chi connectivity index (χ2n) is 8.89. The summed E-state index contributed by atoms with van der Waals surface area (Å²) >= 11 is 0. The SMILES string of the molecule is Cc1ccc(C2CC(c3nc(CS(C)(=O)=O)co3)CN(N3CCOCC3)C2)cc1C(F)(F)F. The Balaban J connectivity index is 1.63. The molecule has 0 amide bonds. The molecule has 0 spiro atoms. The lowest BCUT2D eigenvalue weighted by molar-refractivity contribution is -0.138. The lowest BCUT2D eigenvalue weighted by Crippen LogP contribution is -2.53. The van der Waals surface area contributed by atoms with E-state index in [1.165, 1.54) is 25.3 Å². The minimum absolute atomic E-state index is 0.168. The van der Waals surface area contributed by atoms with E-state index in [1.54, 1.807) is 6.07 Å². The maximum Gasteiger partial charge on any atom is 0.416 e. The molecule has 1 aromatic heterocycles. The Bertz CT molecular complexity index is 1080. The number of morpholine rings is 1. The molecule has 0 radical (unpaired) electrons. The van der Waals surface area contributed by atoms with Crippen LogP contribution in [0.4, 0.5) is 13.2 Å². The third-order valence-corrected chi connectivity index (χ3v) is 7.01. The number of sulfone groups is 1. The van der Waals surface area contributed by atoms with Crippen LogP contribution < -0.4 is 0 Å². The highest BCUT2D eigenvalue weighted by Gasteiger charge is 2.37. The van der Waals surface area contributed by atoms with Crippen LogP contribution in [0.2, 0.25) is 0 Å². The van der Waals surface area contributed by atoms with Gasteiger partial charge in [-0.1, -0.05) is 12.1 Å². The smallest absolute Gasteiger partial charge is 0.416 e. The second kappa shape index (κ2) is 9.36. The summed E-state index contributed by atoms with van der Waals surface area (Å²) in [6.45, 7) is 5.21. The summed E-state index contributed by atoms with van der Waals surface area (Å²) in [4.78, 5) is 4.40. The summed E-state index contributed by atoms with van der Waals surface area (Å²) in [7, 11) is -3.26. The number of hydrogen-bond acceptors (Lipinski definition) is 7. The number of alkyl halides is 3. The topological polar surface area (TPSA) is 75.9 Å². The van der Waals surface area contributed by atoms with Gasteiger partial charge >= 0.3 is 6.18 Å². The molecule has 2 atom stereocenters. The summed E-state index contributed by atoms with van der Waals surface area (Å²) in [5.74, 6) is -0.152. The van der Waals surface area contributed by atoms with E-state index in [0.717, 1.165) is 6.26 Å². The summed E-state index contributed by atoms with van der Waals surface area (Å²) in [5, 5.41) is 4.32. The maximum atomic E-state index is 13.5. The van der Waals surface area contributed by atoms with Crippen LogP contribution in [0.15, 0.2) is 28.9 Å². The average Bonchev–Trinajstić information content (AvgIpc) is 3.20. The molecule has 0 N–H and O–H groups in total. The number of oxazole rings is 1. The van der Waals surface area contributed by atoms with Gasteiger partial charge in [-0.3, -0.25) is 0 Å². The number of rotatable bonds is 5. The van der Waals surface area contributed by atoms with Gasteiger partial charge < -0.3 is 9.15 Å². The fraction of sp³-hybridized carbons (Fsp3) is 0.591. The number of ether oxygens (including phenoxy) is 1. The van der Waals surface area contributed by atoms with Gasteiger partial charge in [0.25, 0.3) is 0 Å². The zero-order valence-corrected chi connectivity index (χ0v) is 19.5. The van der Waals surface area contributed by atoms with Crippen LogP contribution in [-0.2, 0) is 26.5 Å². The number of nitrogens with zero attached hydrogens (tertiary/aromatic N) is 3. The largest absolute Gasteiger partial charge is 0.448 e. The lowest BCUT2D eigenvalue weighted by atomic mass is 9.84. The standard InChI is InChI=1S/C22H28F3N3O4S/c1-15-3-4-16(10-20(15)22(23,24)25)17-9-18(12-28(11-17)27-5-7-31-8-6-27)21-26-19(13-32-21)14-33(2,29)30/h3-4,10,13,17-18H,5-9,11-12,14H2,1-2H3. The van der Waals surface area contributed by atoms with Crippen molar-refractivity contribution >= 4 is 9.84 Å². The van der Waals surface area contributed by atoms with Crippen LogP contribution in [0, 0.1) is 6.92 Å². The molecule has 2 aliphatic heterocycles. The number of aryl methyl sites for hydroxylation is 1. The molecule has 2 aliphatic rings. The van der Waals surface area contributed by atoms with Crippen LogP contribution in [0.5, 0.6) is 0 Å². The van der Waals surface area contributed by atoms with E-state index >= 15 is 0 Å². The molecule has 2 saturated heterocycles. The maximum absolute atomic E-state index is 13.5. The van der Waals surface area contributed by atoms with Gasteiger partial charge in [0.15, 0.2) is 15.7 Å². The summed E-state index contributed by atoms with van der Waals surface area (Å²) in [6.07, 6.45) is -1.37. The summed E-state index contributed by atoms with van der Waals surface area (Å²) < 4.78 is 74.9. The van der Waals surface area contributed by atoms with Crippen molar-refractivity contribution in [3.63, 3.8) is 0 Å². The van der Waals surface area contributed by atoms with Crippen LogP contribution in [0.1, 0.15) is 46.5 Å². The van der Waals surface area contributed by atoms with E-state index < -0.39 is 21.6 Å². The molecule has 0 saturated carbocycles. The van der Waals surface area contributed by atoms with Gasteiger partial charge in [-0.05, 0) is 36.5 Å². The Morgan fingerprint density at radius 3 is 2.48 bits per heavy atom. The number of benzene rings is 1. The molecule has 11 heteroatoms. The fourth-order valence-electron chi connectivity index (χ4n) is 4.61. The molecular formula is C22H28F3N3O4S. The molecule has 1 aromatic carbocycles. The molecule has 7 nitrogen and oxygen atoms in total. The third kappa shape index (κ3) is 5.95. The van der Waals surface area contributed by atoms with Crippen LogP contribution >= 0.6 is 0 Å². The first-order valence-electron chi connectivity index (χ1n) is 10.9. The monoisotopic (exact) mass is 487 g/mol. The zero-order valence-electron chi connectivity index (χ0n) is 18.6. The van der Waals surface area contributed by atoms with Crippen molar-refractivity contribution in [1.29, 1.82) is 0 Å². The highest BCUT2D eigenvalue weighted by atomic mass is 32.2. The van der Waals surface area contributed by atoms with Gasteiger partial charge in [-0.25, -0.2) is 23.4 Å². The normalized spacial score (nSPS) is 23.7. The van der Waals surface area contributed by atoms with Gasteiger partial charge in [-0.2, -0.15) is 13.2 Å². The number of hydrogen-bond donors (Lipinski definition) is 0. The van der Waals surface area contributed by atoms with Crippen molar-refractivity contribution in [3.05, 3.63) is 52.7 Å². The van der Waals surface area contributed by atoms with Crippen LogP contribution in [0.25, 0.3) is 0 Å². The van der Waals surface area contributed by atoms with Crippen molar-refractivity contribution in [2.75, 3.05) is 45.6 Å². The third-order valence-electron chi connectivity index (χ3n) is 6.19. The number of halogens is 3. The van der Waals surface area contributed by atoms with E-state index in [0.29, 0.717) is 63.0 Å². The molecule has 0 bridgehead atoms. The molecule has 2 unspecified atom stereocenters. The molecule has 3 heterocycles. The average molecular weight is 488 g/mol. The summed E-state index contributed by atoms with van der Waals surface area (Å²) in [6, 6.07) is 4.54. The van der Waals surface area contributed by atoms with Crippen molar-refractivity contribution < 1.29 is 30.7 Å². The molecule has 4 rings (SSSR count). The minimum Gasteiger partial charge on any atom is -0.448 e. The van der Waals surface area contributed by atoms with Gasteiger partial charge in [0.05, 0.1) is 36.1 Å². The Morgan fingerprint density at radius 1 is 1.12 bits per heavy atom. The Labute approximate surface area is 191 Å². The van der Waals surface area contributed by atoms with Gasteiger partial charge in [-0.15, -0.1) is 0 Å². The highest BCUT2D eigenvalue weighted by Crippen LogP contribution is 2.39. The molecule has 0 aliphatic carbocycles. The minimum atomic E-state index is -4.42. The lowest BCUT2D eigenvalue weighted by Gasteiger charge is -2.44. The van der Waals surface area contributed by atoms with E-state index in [-0.39, 0.29) is 23.2 Å². The Hall–Kier alpha value is -1.95. The van der Waals surface area contributed by atoms with Gasteiger partial charge in [0, 0.05) is 32.4 Å². The predicted octanol–water partition coefficient (Wildman–Crippen LogP) is 3.37. The quantitative estimate of drug-likeness (QED) is 0.640. The molecule has 2 fully saturated rings. The second-order valence-corrected chi connectivity index (χ2v) is 11.0. The zero-order chi connectivity index (χ0) is 23.8. The van der Waals surface area contributed by atoms with E-state index in [9.17, 15) is 21.6 Å². The Kier molecular flexibility index (Phi) is 6.86. The highest BCUT2D eigenvalue weighted by molar-refractivity contribution is 7.89. The first kappa shape index (κ1) is 24.2. The first-order chi connectivity index (χ1) is 15.5. The van der Waals surface area contributed by atoms with E-state index in [4.69, 9.17) is 9.15 Å². The van der Waals surface area contributed by atoms with Crippen LogP contribution in [0.3, 0.4) is 0 Å². The Morgan fingerprint density at radius 2 is 1.82 bits per heavy atom. The first-order valence-corrected chi connectivity index (χ1v) is 12.9. The van der Waals surface area contributed by atoms with Crippen molar-refractivity contribution in [2.24, 2.45) is 0 Å². The van der Waals surface area contributed by atoms with Crippen LogP contribution in [-0.4, -0.2) is 69.1 Å². The predicted molar refractivity (Wildman–Crippen MR) is 115 cm³/mol. The number of aromatic nitrogens is 1. The molecule has 182 valence electrons. The van der Waals surface area contributed by atoms with E-state index in [1.807, 2.05) is 0 Å². The van der Waals surface area contributed by atoms with E-state index in [2.05, 4.69) is 15.0 Å². The van der Waals surface area contributed by atoms with Crippen molar-refractivity contribution in [3.8, 4) is 0 Å².